The van der Waals surface area contributed by atoms with E-state index < -0.39 is 38.2 Å². The maximum atomic E-state index is 13.3. The number of benzene rings is 2. The highest BCUT2D eigenvalue weighted by molar-refractivity contribution is 7.92. The minimum absolute atomic E-state index is 0.00607. The van der Waals surface area contributed by atoms with Crippen molar-refractivity contribution in [2.75, 3.05) is 6.61 Å². The fourth-order valence-corrected chi connectivity index (χ4v) is 5.70. The quantitative estimate of drug-likeness (QED) is 0.708. The van der Waals surface area contributed by atoms with E-state index in [1.54, 1.807) is 6.92 Å². The Morgan fingerprint density at radius 2 is 1.81 bits per heavy atom. The summed E-state index contributed by atoms with van der Waals surface area (Å²) in [7, 11) is -4.05. The van der Waals surface area contributed by atoms with Gasteiger partial charge in [0, 0.05) is 10.9 Å². The number of esters is 1. The lowest BCUT2D eigenvalue weighted by Gasteiger charge is -2.09. The third-order valence-electron chi connectivity index (χ3n) is 4.64. The van der Waals surface area contributed by atoms with Crippen LogP contribution in [0.5, 0.6) is 0 Å². The molecule has 3 rings (SSSR count). The first-order chi connectivity index (χ1) is 12.8. The number of hydrogen-bond acceptors (Lipinski definition) is 5. The van der Waals surface area contributed by atoms with E-state index in [1.807, 2.05) is 6.07 Å². The fourth-order valence-electron chi connectivity index (χ4n) is 3.33. The topological polar surface area (TPSA) is 84.2 Å². The second-order valence-electron chi connectivity index (χ2n) is 6.15. The van der Waals surface area contributed by atoms with Gasteiger partial charge in [0.1, 0.15) is 11.1 Å². The number of nitriles is 1. The van der Waals surface area contributed by atoms with Crippen molar-refractivity contribution >= 4 is 27.4 Å². The van der Waals surface area contributed by atoms with Crippen LogP contribution >= 0.6 is 11.6 Å². The Hall–Kier alpha value is -2.43. The number of carbonyl (C=O) groups is 1. The number of sulfone groups is 1. The summed E-state index contributed by atoms with van der Waals surface area (Å²) in [4.78, 5) is 12.5. The van der Waals surface area contributed by atoms with Crippen LogP contribution in [0.25, 0.3) is 0 Å². The van der Waals surface area contributed by atoms with Crippen molar-refractivity contribution in [2.45, 2.75) is 23.0 Å². The highest BCUT2D eigenvalue weighted by atomic mass is 35.5. The Kier molecular flexibility index (Phi) is 4.98. The van der Waals surface area contributed by atoms with Gasteiger partial charge >= 0.3 is 5.97 Å². The molecule has 1 saturated carbocycles. The number of halogens is 2. The van der Waals surface area contributed by atoms with Crippen LogP contribution in [0, 0.1) is 22.6 Å². The molecule has 3 atom stereocenters. The van der Waals surface area contributed by atoms with Crippen molar-refractivity contribution in [3.8, 4) is 6.07 Å². The minimum atomic E-state index is -4.05. The molecule has 0 aliphatic heterocycles. The highest BCUT2D eigenvalue weighted by Gasteiger charge is 2.77. The first-order valence-corrected chi connectivity index (χ1v) is 10.0. The average molecular weight is 408 g/mol. The number of ether oxygens (including phenoxy) is 1. The molecule has 27 heavy (non-hydrogen) atoms. The van der Waals surface area contributed by atoms with Gasteiger partial charge < -0.3 is 4.74 Å². The second kappa shape index (κ2) is 6.95. The molecular weight excluding hydrogens is 393 g/mol. The second-order valence-corrected chi connectivity index (χ2v) is 8.66. The lowest BCUT2D eigenvalue weighted by molar-refractivity contribution is -0.147. The van der Waals surface area contributed by atoms with Crippen LogP contribution in [0.3, 0.4) is 0 Å². The normalized spacial score (nSPS) is 24.1. The monoisotopic (exact) mass is 407 g/mol. The van der Waals surface area contributed by atoms with Gasteiger partial charge in [-0.25, -0.2) is 12.8 Å². The van der Waals surface area contributed by atoms with E-state index in [4.69, 9.17) is 16.3 Å². The zero-order valence-corrected chi connectivity index (χ0v) is 15.8. The molecule has 0 aromatic heterocycles. The Morgan fingerprint density at radius 1 is 1.22 bits per heavy atom. The van der Waals surface area contributed by atoms with Gasteiger partial charge in [-0.1, -0.05) is 23.7 Å². The number of rotatable bonds is 5. The summed E-state index contributed by atoms with van der Waals surface area (Å²) < 4.78 is 44.6. The van der Waals surface area contributed by atoms with E-state index in [0.717, 1.165) is 12.1 Å². The zero-order chi connectivity index (χ0) is 19.8. The summed E-state index contributed by atoms with van der Waals surface area (Å²) in [5.41, 5.74) is -1.50. The third kappa shape index (κ3) is 3.09. The van der Waals surface area contributed by atoms with Crippen molar-refractivity contribution in [1.29, 1.82) is 5.26 Å². The van der Waals surface area contributed by atoms with Gasteiger partial charge in [0.05, 0.1) is 17.6 Å². The van der Waals surface area contributed by atoms with E-state index in [0.29, 0.717) is 10.6 Å². The van der Waals surface area contributed by atoms with Crippen molar-refractivity contribution in [1.82, 2.24) is 0 Å². The maximum absolute atomic E-state index is 13.3. The molecule has 0 N–H and O–H groups in total. The number of hydrogen-bond donors (Lipinski definition) is 0. The molecular formula is C19H15ClFNO4S. The largest absolute Gasteiger partial charge is 0.465 e. The number of nitrogens with zero attached hydrogens (tertiary/aromatic N) is 1. The van der Waals surface area contributed by atoms with Crippen molar-refractivity contribution < 1.29 is 22.3 Å². The molecule has 1 aliphatic rings. The summed E-state index contributed by atoms with van der Waals surface area (Å²) >= 11 is 5.81. The van der Waals surface area contributed by atoms with Gasteiger partial charge in [-0.3, -0.25) is 4.79 Å². The lowest BCUT2D eigenvalue weighted by atomic mass is 10.0. The van der Waals surface area contributed by atoms with Crippen LogP contribution in [0.15, 0.2) is 53.4 Å². The van der Waals surface area contributed by atoms with E-state index in [9.17, 15) is 22.9 Å². The molecule has 8 heteroatoms. The molecule has 0 unspecified atom stereocenters. The molecule has 140 valence electrons. The van der Waals surface area contributed by atoms with E-state index >= 15 is 0 Å². The van der Waals surface area contributed by atoms with Gasteiger partial charge in [0.15, 0.2) is 15.3 Å². The molecule has 0 bridgehead atoms. The summed E-state index contributed by atoms with van der Waals surface area (Å²) in [5.74, 6) is -2.36. The molecule has 0 heterocycles. The Balaban J connectivity index is 2.12. The molecule has 0 amide bonds. The first-order valence-electron chi connectivity index (χ1n) is 8.12. The summed E-state index contributed by atoms with van der Waals surface area (Å²) in [6.45, 7) is 1.58. The van der Waals surface area contributed by atoms with Gasteiger partial charge in [-0.05, 0) is 48.9 Å². The van der Waals surface area contributed by atoms with E-state index in [2.05, 4.69) is 0 Å². The van der Waals surface area contributed by atoms with Gasteiger partial charge in [-0.15, -0.1) is 0 Å². The Labute approximate surface area is 161 Å². The minimum Gasteiger partial charge on any atom is -0.465 e. The molecule has 1 aliphatic carbocycles. The third-order valence-corrected chi connectivity index (χ3v) is 7.13. The van der Waals surface area contributed by atoms with E-state index in [1.165, 1.54) is 36.4 Å². The average Bonchev–Trinajstić information content (AvgIpc) is 3.34. The Bertz CT molecular complexity index is 1020. The van der Waals surface area contributed by atoms with Crippen LogP contribution in [0.1, 0.15) is 18.4 Å². The fraction of sp³-hybridized carbons (Fsp3) is 0.263. The van der Waals surface area contributed by atoms with Crippen molar-refractivity contribution in [3.63, 3.8) is 0 Å². The maximum Gasteiger partial charge on any atom is 0.328 e. The molecule has 0 spiro atoms. The van der Waals surface area contributed by atoms with Crippen molar-refractivity contribution in [2.24, 2.45) is 5.41 Å². The van der Waals surface area contributed by atoms with Gasteiger partial charge in [0.2, 0.25) is 0 Å². The SMILES string of the molecule is CCOC(=O)[C@]1(C#N)[C@H](c2ccc(F)cc2)[C@@H]1S(=O)(=O)c1ccc(Cl)cc1. The predicted molar refractivity (Wildman–Crippen MR) is 96.2 cm³/mol. The summed E-state index contributed by atoms with van der Waals surface area (Å²) in [5, 5.41) is 8.78. The summed E-state index contributed by atoms with van der Waals surface area (Å²) in [6.07, 6.45) is 0. The molecule has 2 aromatic carbocycles. The first kappa shape index (κ1) is 19.3. The summed E-state index contributed by atoms with van der Waals surface area (Å²) in [6, 6.07) is 12.4. The zero-order valence-electron chi connectivity index (χ0n) is 14.2. The van der Waals surface area contributed by atoms with Crippen LogP contribution < -0.4 is 0 Å². The predicted octanol–water partition coefficient (Wildman–Crippen LogP) is 3.49. The lowest BCUT2D eigenvalue weighted by Crippen LogP contribution is -2.25. The van der Waals surface area contributed by atoms with Crippen molar-refractivity contribution in [3.05, 3.63) is 64.9 Å². The van der Waals surface area contributed by atoms with Crippen LogP contribution in [0.4, 0.5) is 4.39 Å². The molecule has 2 aromatic rings. The molecule has 5 nitrogen and oxygen atoms in total. The van der Waals surface area contributed by atoms with Crippen LogP contribution in [-0.4, -0.2) is 26.2 Å². The van der Waals surface area contributed by atoms with Crippen LogP contribution in [0.2, 0.25) is 5.02 Å². The highest BCUT2D eigenvalue weighted by Crippen LogP contribution is 2.64. The van der Waals surface area contributed by atoms with Gasteiger partial charge in [0.25, 0.3) is 0 Å². The Morgan fingerprint density at radius 3 is 2.33 bits per heavy atom. The number of carbonyl (C=O) groups excluding carboxylic acids is 1. The van der Waals surface area contributed by atoms with Crippen LogP contribution in [-0.2, 0) is 19.4 Å². The van der Waals surface area contributed by atoms with E-state index in [-0.39, 0.29) is 11.5 Å². The smallest absolute Gasteiger partial charge is 0.328 e. The van der Waals surface area contributed by atoms with Gasteiger partial charge in [-0.2, -0.15) is 5.26 Å². The standard InChI is InChI=1S/C19H15ClFNO4S/c1-2-26-18(23)19(11-22)16(12-3-7-14(21)8-4-12)17(19)27(24,25)15-9-5-13(20)6-10-15/h3-10,16-17H,2H2,1H3/t16-,17+,19-/m1/s1. The molecule has 0 radical (unpaired) electrons. The molecule has 1 fully saturated rings. The molecule has 0 saturated heterocycles.